The van der Waals surface area contributed by atoms with Crippen molar-refractivity contribution in [3.8, 4) is 0 Å². The van der Waals surface area contributed by atoms with E-state index in [0.29, 0.717) is 0 Å². The number of ether oxygens (including phenoxy) is 1. The monoisotopic (exact) mass is 211 g/mol. The van der Waals surface area contributed by atoms with Crippen molar-refractivity contribution in [2.75, 3.05) is 19.8 Å². The number of aromatic nitrogens is 2. The summed E-state index contributed by atoms with van der Waals surface area (Å²) in [5.74, 6) is 0. The molecule has 4 nitrogen and oxygen atoms in total. The van der Waals surface area contributed by atoms with Crippen molar-refractivity contribution in [2.45, 2.75) is 26.8 Å². The summed E-state index contributed by atoms with van der Waals surface area (Å²) in [5.41, 5.74) is 2.50. The van der Waals surface area contributed by atoms with E-state index >= 15 is 0 Å². The van der Waals surface area contributed by atoms with E-state index in [2.05, 4.69) is 17.3 Å². The quantitative estimate of drug-likeness (QED) is 0.690. The van der Waals surface area contributed by atoms with Crippen molar-refractivity contribution in [3.63, 3.8) is 0 Å². The Bertz CT molecular complexity index is 264. The molecule has 0 aliphatic carbocycles. The lowest BCUT2D eigenvalue weighted by molar-refractivity contribution is 0.144. The zero-order valence-corrected chi connectivity index (χ0v) is 9.92. The number of nitrogens with zero attached hydrogens (tertiary/aromatic N) is 2. The van der Waals surface area contributed by atoms with Crippen molar-refractivity contribution in [1.29, 1.82) is 0 Å². The molecule has 0 spiro atoms. The van der Waals surface area contributed by atoms with Gasteiger partial charge in [0.05, 0.1) is 11.9 Å². The first-order valence-corrected chi connectivity index (χ1v) is 5.51. The summed E-state index contributed by atoms with van der Waals surface area (Å²) < 4.78 is 7.18. The number of hydrogen-bond acceptors (Lipinski definition) is 3. The molecule has 0 fully saturated rings. The van der Waals surface area contributed by atoms with Gasteiger partial charge in [0.15, 0.2) is 0 Å². The standard InChI is InChI=1S/C11H21N3O/c1-4-15-7-5-6-12-9-11-10(2)8-13-14(11)3/h8,12H,4-7,9H2,1-3H3. The summed E-state index contributed by atoms with van der Waals surface area (Å²) in [6.07, 6.45) is 2.96. The van der Waals surface area contributed by atoms with E-state index in [1.54, 1.807) is 0 Å². The van der Waals surface area contributed by atoms with Gasteiger partial charge in [0.2, 0.25) is 0 Å². The average molecular weight is 211 g/mol. The Morgan fingerprint density at radius 3 is 2.93 bits per heavy atom. The first kappa shape index (κ1) is 12.2. The van der Waals surface area contributed by atoms with Crippen LogP contribution in [0.15, 0.2) is 6.20 Å². The second-order valence-corrected chi connectivity index (χ2v) is 3.63. The predicted octanol–water partition coefficient (Wildman–Crippen LogP) is 1.24. The lowest BCUT2D eigenvalue weighted by Gasteiger charge is -2.06. The topological polar surface area (TPSA) is 39.1 Å². The fourth-order valence-electron chi connectivity index (χ4n) is 1.48. The highest BCUT2D eigenvalue weighted by atomic mass is 16.5. The molecule has 0 radical (unpaired) electrons. The van der Waals surface area contributed by atoms with Crippen LogP contribution in [0.3, 0.4) is 0 Å². The third kappa shape index (κ3) is 4.01. The molecule has 1 heterocycles. The van der Waals surface area contributed by atoms with Gasteiger partial charge in [-0.3, -0.25) is 4.68 Å². The van der Waals surface area contributed by atoms with E-state index < -0.39 is 0 Å². The Morgan fingerprint density at radius 2 is 2.33 bits per heavy atom. The summed E-state index contributed by atoms with van der Waals surface area (Å²) in [7, 11) is 1.98. The predicted molar refractivity (Wildman–Crippen MR) is 60.8 cm³/mol. The molecule has 0 saturated heterocycles. The maximum absolute atomic E-state index is 5.26. The highest BCUT2D eigenvalue weighted by Crippen LogP contribution is 2.04. The summed E-state index contributed by atoms with van der Waals surface area (Å²) in [6, 6.07) is 0. The van der Waals surface area contributed by atoms with Crippen molar-refractivity contribution in [2.24, 2.45) is 7.05 Å². The normalized spacial score (nSPS) is 10.9. The van der Waals surface area contributed by atoms with Crippen LogP contribution < -0.4 is 5.32 Å². The molecule has 0 aromatic carbocycles. The van der Waals surface area contributed by atoms with Gasteiger partial charge in [-0.25, -0.2) is 0 Å². The highest BCUT2D eigenvalue weighted by Gasteiger charge is 2.02. The Kier molecular flexibility index (Phi) is 5.36. The molecule has 0 bridgehead atoms. The summed E-state index contributed by atoms with van der Waals surface area (Å²) >= 11 is 0. The number of rotatable bonds is 7. The van der Waals surface area contributed by atoms with Crippen LogP contribution in [0, 0.1) is 6.92 Å². The molecular weight excluding hydrogens is 190 g/mol. The first-order valence-electron chi connectivity index (χ1n) is 5.51. The van der Waals surface area contributed by atoms with Crippen molar-refractivity contribution in [3.05, 3.63) is 17.5 Å². The van der Waals surface area contributed by atoms with Crippen molar-refractivity contribution < 1.29 is 4.74 Å². The van der Waals surface area contributed by atoms with E-state index in [9.17, 15) is 0 Å². The zero-order chi connectivity index (χ0) is 11.1. The van der Waals surface area contributed by atoms with Crippen LogP contribution in [0.25, 0.3) is 0 Å². The second-order valence-electron chi connectivity index (χ2n) is 3.63. The molecule has 4 heteroatoms. The molecular formula is C11H21N3O. The van der Waals surface area contributed by atoms with Gasteiger partial charge in [-0.1, -0.05) is 0 Å². The third-order valence-electron chi connectivity index (χ3n) is 2.41. The second kappa shape index (κ2) is 6.58. The minimum atomic E-state index is 0.806. The van der Waals surface area contributed by atoms with Crippen LogP contribution in [0.5, 0.6) is 0 Å². The van der Waals surface area contributed by atoms with Gasteiger partial charge in [0.1, 0.15) is 0 Å². The minimum absolute atomic E-state index is 0.806. The molecule has 0 amide bonds. The average Bonchev–Trinajstić information content (AvgIpc) is 2.54. The summed E-state index contributed by atoms with van der Waals surface area (Å²) in [4.78, 5) is 0. The number of aryl methyl sites for hydroxylation is 2. The van der Waals surface area contributed by atoms with E-state index in [-0.39, 0.29) is 0 Å². The smallest absolute Gasteiger partial charge is 0.0547 e. The molecule has 0 atom stereocenters. The van der Waals surface area contributed by atoms with Crippen LogP contribution in [0.4, 0.5) is 0 Å². The van der Waals surface area contributed by atoms with Gasteiger partial charge in [0, 0.05) is 26.8 Å². The molecule has 0 saturated carbocycles. The lowest BCUT2D eigenvalue weighted by atomic mass is 10.3. The molecule has 15 heavy (non-hydrogen) atoms. The molecule has 1 rings (SSSR count). The Hall–Kier alpha value is -0.870. The van der Waals surface area contributed by atoms with Crippen LogP contribution in [-0.4, -0.2) is 29.5 Å². The Labute approximate surface area is 91.6 Å². The van der Waals surface area contributed by atoms with Gasteiger partial charge in [-0.05, 0) is 32.4 Å². The zero-order valence-electron chi connectivity index (χ0n) is 9.92. The van der Waals surface area contributed by atoms with Gasteiger partial charge in [-0.15, -0.1) is 0 Å². The van der Waals surface area contributed by atoms with Crippen LogP contribution in [0.1, 0.15) is 24.6 Å². The fourth-order valence-corrected chi connectivity index (χ4v) is 1.48. The van der Waals surface area contributed by atoms with Crippen molar-refractivity contribution in [1.82, 2.24) is 15.1 Å². The molecule has 0 unspecified atom stereocenters. The van der Waals surface area contributed by atoms with Crippen LogP contribution in [0.2, 0.25) is 0 Å². The largest absolute Gasteiger partial charge is 0.382 e. The van der Waals surface area contributed by atoms with E-state index in [1.807, 2.05) is 24.9 Å². The first-order chi connectivity index (χ1) is 7.25. The SMILES string of the molecule is CCOCCCNCc1c(C)cnn1C. The van der Waals surface area contributed by atoms with Crippen molar-refractivity contribution >= 4 is 0 Å². The van der Waals surface area contributed by atoms with Crippen LogP contribution >= 0.6 is 0 Å². The maximum atomic E-state index is 5.26. The molecule has 1 aromatic heterocycles. The Balaban J connectivity index is 2.15. The van der Waals surface area contributed by atoms with E-state index in [0.717, 1.165) is 32.7 Å². The summed E-state index contributed by atoms with van der Waals surface area (Å²) in [6.45, 7) is 7.63. The van der Waals surface area contributed by atoms with Gasteiger partial charge in [0.25, 0.3) is 0 Å². The van der Waals surface area contributed by atoms with Crippen LogP contribution in [-0.2, 0) is 18.3 Å². The number of hydrogen-bond donors (Lipinski definition) is 1. The minimum Gasteiger partial charge on any atom is -0.382 e. The molecule has 0 aliphatic rings. The van der Waals surface area contributed by atoms with Gasteiger partial charge in [-0.2, -0.15) is 5.10 Å². The van der Waals surface area contributed by atoms with E-state index in [4.69, 9.17) is 4.74 Å². The Morgan fingerprint density at radius 1 is 1.53 bits per heavy atom. The molecule has 1 aromatic rings. The lowest BCUT2D eigenvalue weighted by Crippen LogP contribution is -2.18. The third-order valence-corrected chi connectivity index (χ3v) is 2.41. The molecule has 1 N–H and O–H groups in total. The molecule has 86 valence electrons. The van der Waals surface area contributed by atoms with Gasteiger partial charge >= 0.3 is 0 Å². The number of nitrogens with one attached hydrogen (secondary N) is 1. The molecule has 0 aliphatic heterocycles. The summed E-state index contributed by atoms with van der Waals surface area (Å²) in [5, 5.41) is 7.58. The van der Waals surface area contributed by atoms with E-state index in [1.165, 1.54) is 11.3 Å². The highest BCUT2D eigenvalue weighted by molar-refractivity contribution is 5.14. The van der Waals surface area contributed by atoms with Gasteiger partial charge < -0.3 is 10.1 Å². The fraction of sp³-hybridized carbons (Fsp3) is 0.727. The maximum Gasteiger partial charge on any atom is 0.0547 e.